The fourth-order valence-electron chi connectivity index (χ4n) is 1.64. The smallest absolute Gasteiger partial charge is 0.222 e. The van der Waals surface area contributed by atoms with Crippen molar-refractivity contribution in [1.82, 2.24) is 5.32 Å². The Morgan fingerprint density at radius 3 is 2.76 bits per heavy atom. The van der Waals surface area contributed by atoms with Gasteiger partial charge in [0.05, 0.1) is 0 Å². The van der Waals surface area contributed by atoms with E-state index in [9.17, 15) is 4.79 Å². The van der Waals surface area contributed by atoms with Crippen molar-refractivity contribution in [1.29, 1.82) is 0 Å². The van der Waals surface area contributed by atoms with E-state index in [1.807, 2.05) is 6.92 Å². The molecule has 1 atom stereocenters. The van der Waals surface area contributed by atoms with Crippen LogP contribution >= 0.6 is 0 Å². The summed E-state index contributed by atoms with van der Waals surface area (Å²) >= 11 is 0. The molecule has 0 heterocycles. The number of amides is 1. The molecular weight excluding hydrogens is 270 g/mol. The van der Waals surface area contributed by atoms with Crippen molar-refractivity contribution in [3.05, 3.63) is 0 Å². The quantitative estimate of drug-likeness (QED) is 0.321. The van der Waals surface area contributed by atoms with Gasteiger partial charge in [-0.1, -0.05) is 12.1 Å². The number of nitrogens with zero attached hydrogens (tertiary/aromatic N) is 2. The Labute approximate surface area is 128 Å². The topological polar surface area (TPSA) is 72.3 Å². The maximum absolute atomic E-state index is 11.8. The minimum atomic E-state index is 0.0428. The Morgan fingerprint density at radius 1 is 1.24 bits per heavy atom. The zero-order chi connectivity index (χ0) is 15.8. The Hall–Kier alpha value is -1.43. The molecule has 6 nitrogen and oxygen atoms in total. The average Bonchev–Trinajstić information content (AvgIpc) is 2.49. The van der Waals surface area contributed by atoms with Crippen LogP contribution in [0.5, 0.6) is 0 Å². The molecule has 122 valence electrons. The summed E-state index contributed by atoms with van der Waals surface area (Å²) in [5.41, 5.74) is 0. The zero-order valence-electron chi connectivity index (χ0n) is 13.5. The molecule has 6 heteroatoms. The summed E-state index contributed by atoms with van der Waals surface area (Å²) < 4.78 is 4.97. The number of unbranched alkanes of at least 4 members (excludes halogenated alkanes) is 1. The molecule has 21 heavy (non-hydrogen) atoms. The predicted octanol–water partition coefficient (Wildman–Crippen LogP) is 2.04. The maximum Gasteiger partial charge on any atom is 0.222 e. The van der Waals surface area contributed by atoms with Gasteiger partial charge in [0.1, 0.15) is 6.61 Å². The second-order valence-corrected chi connectivity index (χ2v) is 4.83. The van der Waals surface area contributed by atoms with Crippen molar-refractivity contribution in [3.63, 3.8) is 0 Å². The molecule has 0 fully saturated rings. The number of hydrogen-bond donors (Lipinski definition) is 1. The van der Waals surface area contributed by atoms with Crippen molar-refractivity contribution in [3.8, 4) is 0 Å². The van der Waals surface area contributed by atoms with Crippen molar-refractivity contribution >= 4 is 18.3 Å². The van der Waals surface area contributed by atoms with Crippen LogP contribution in [0.15, 0.2) is 10.1 Å². The van der Waals surface area contributed by atoms with E-state index in [1.165, 1.54) is 0 Å². The van der Waals surface area contributed by atoms with Gasteiger partial charge in [0.25, 0.3) is 0 Å². The van der Waals surface area contributed by atoms with Gasteiger partial charge in [-0.3, -0.25) is 4.79 Å². The molecule has 0 aliphatic heterocycles. The fourth-order valence-corrected chi connectivity index (χ4v) is 1.64. The SMILES string of the molecule is CN=CCC=NOCCCCNC(=O)C(C)CCCOC. The van der Waals surface area contributed by atoms with E-state index >= 15 is 0 Å². The minimum absolute atomic E-state index is 0.0428. The van der Waals surface area contributed by atoms with Crippen LogP contribution in [-0.4, -0.2) is 52.3 Å². The van der Waals surface area contributed by atoms with Gasteiger partial charge < -0.3 is 19.9 Å². The summed E-state index contributed by atoms with van der Waals surface area (Å²) in [6.07, 6.45) is 7.67. The zero-order valence-corrected chi connectivity index (χ0v) is 13.5. The Morgan fingerprint density at radius 2 is 2.05 bits per heavy atom. The van der Waals surface area contributed by atoms with Crippen LogP contribution < -0.4 is 5.32 Å². The molecule has 1 N–H and O–H groups in total. The molecule has 1 amide bonds. The van der Waals surface area contributed by atoms with Crippen LogP contribution in [-0.2, 0) is 14.4 Å². The molecule has 0 saturated carbocycles. The first-order valence-corrected chi connectivity index (χ1v) is 7.53. The first-order chi connectivity index (χ1) is 10.2. The fraction of sp³-hybridized carbons (Fsp3) is 0.800. The van der Waals surface area contributed by atoms with E-state index < -0.39 is 0 Å². The molecule has 0 aromatic carbocycles. The molecule has 0 bridgehead atoms. The first-order valence-electron chi connectivity index (χ1n) is 7.53. The minimum Gasteiger partial charge on any atom is -0.396 e. The van der Waals surface area contributed by atoms with E-state index in [4.69, 9.17) is 9.57 Å². The van der Waals surface area contributed by atoms with Crippen LogP contribution in [0.2, 0.25) is 0 Å². The first kappa shape index (κ1) is 19.6. The highest BCUT2D eigenvalue weighted by Gasteiger charge is 2.11. The third-order valence-corrected chi connectivity index (χ3v) is 2.94. The van der Waals surface area contributed by atoms with Crippen molar-refractivity contribution in [2.75, 3.05) is 33.9 Å². The van der Waals surface area contributed by atoms with Crippen molar-refractivity contribution < 1.29 is 14.4 Å². The molecule has 0 aliphatic carbocycles. The third kappa shape index (κ3) is 13.3. The van der Waals surface area contributed by atoms with Crippen LogP contribution in [0.25, 0.3) is 0 Å². The van der Waals surface area contributed by atoms with Crippen LogP contribution in [0.3, 0.4) is 0 Å². The number of hydrogen-bond acceptors (Lipinski definition) is 5. The van der Waals surface area contributed by atoms with E-state index in [-0.39, 0.29) is 11.8 Å². The number of nitrogens with one attached hydrogen (secondary N) is 1. The maximum atomic E-state index is 11.8. The second kappa shape index (κ2) is 15.0. The average molecular weight is 299 g/mol. The van der Waals surface area contributed by atoms with E-state index in [0.717, 1.165) is 25.7 Å². The highest BCUT2D eigenvalue weighted by molar-refractivity contribution is 5.78. The normalized spacial score (nSPS) is 12.9. The van der Waals surface area contributed by atoms with E-state index in [2.05, 4.69) is 15.5 Å². The standard InChI is InChI=1S/C15H29N3O3/c1-14(8-6-12-20-3)15(19)17-10-4-5-13-21-18-11-7-9-16-2/h9,11,14H,4-8,10,12-13H2,1-3H3,(H,17,19). The number of carbonyl (C=O) groups is 1. The summed E-state index contributed by atoms with van der Waals surface area (Å²) in [6.45, 7) is 3.91. The lowest BCUT2D eigenvalue weighted by Crippen LogP contribution is -2.30. The number of rotatable bonds is 13. The van der Waals surface area contributed by atoms with Gasteiger partial charge >= 0.3 is 0 Å². The highest BCUT2D eigenvalue weighted by atomic mass is 16.6. The molecule has 0 saturated heterocycles. The molecule has 0 spiro atoms. The summed E-state index contributed by atoms with van der Waals surface area (Å²) in [7, 11) is 3.40. The van der Waals surface area contributed by atoms with E-state index in [0.29, 0.717) is 26.2 Å². The summed E-state index contributed by atoms with van der Waals surface area (Å²) in [6, 6.07) is 0. The molecule has 0 rings (SSSR count). The van der Waals surface area contributed by atoms with Crippen LogP contribution in [0, 0.1) is 5.92 Å². The van der Waals surface area contributed by atoms with Gasteiger partial charge in [0.15, 0.2) is 0 Å². The highest BCUT2D eigenvalue weighted by Crippen LogP contribution is 2.05. The Bertz CT molecular complexity index is 307. The van der Waals surface area contributed by atoms with Crippen LogP contribution in [0.1, 0.15) is 39.0 Å². The summed E-state index contributed by atoms with van der Waals surface area (Å²) in [5, 5.41) is 6.73. The van der Waals surface area contributed by atoms with Gasteiger partial charge in [-0.2, -0.15) is 0 Å². The van der Waals surface area contributed by atoms with Gasteiger partial charge in [0.2, 0.25) is 5.91 Å². The number of oxime groups is 1. The lowest BCUT2D eigenvalue weighted by Gasteiger charge is -2.11. The van der Waals surface area contributed by atoms with Crippen LogP contribution in [0.4, 0.5) is 0 Å². The Balaban J connectivity index is 3.41. The summed E-state index contributed by atoms with van der Waals surface area (Å²) in [4.78, 5) is 20.7. The summed E-state index contributed by atoms with van der Waals surface area (Å²) in [5.74, 6) is 0.158. The lowest BCUT2D eigenvalue weighted by atomic mass is 10.1. The van der Waals surface area contributed by atoms with Gasteiger partial charge in [-0.15, -0.1) is 0 Å². The molecule has 0 aliphatic rings. The number of methoxy groups -OCH3 is 1. The third-order valence-electron chi connectivity index (χ3n) is 2.94. The molecule has 0 aromatic rings. The van der Waals surface area contributed by atoms with Gasteiger partial charge in [0, 0.05) is 52.1 Å². The van der Waals surface area contributed by atoms with E-state index in [1.54, 1.807) is 26.6 Å². The predicted molar refractivity (Wildman–Crippen MR) is 86.0 cm³/mol. The number of carbonyl (C=O) groups excluding carboxylic acids is 1. The molecular formula is C15H29N3O3. The Kier molecular flexibility index (Phi) is 13.9. The lowest BCUT2D eigenvalue weighted by molar-refractivity contribution is -0.124. The number of aliphatic imine (C=N–C) groups is 1. The largest absolute Gasteiger partial charge is 0.396 e. The molecule has 0 aromatic heterocycles. The van der Waals surface area contributed by atoms with Crippen molar-refractivity contribution in [2.24, 2.45) is 16.1 Å². The second-order valence-electron chi connectivity index (χ2n) is 4.83. The molecule has 0 radical (unpaired) electrons. The number of ether oxygens (including phenoxy) is 1. The monoisotopic (exact) mass is 299 g/mol. The van der Waals surface area contributed by atoms with Crippen molar-refractivity contribution in [2.45, 2.75) is 39.0 Å². The van der Waals surface area contributed by atoms with Gasteiger partial charge in [-0.25, -0.2) is 0 Å². The molecule has 1 unspecified atom stereocenters. The van der Waals surface area contributed by atoms with Gasteiger partial charge in [-0.05, 0) is 25.7 Å².